The van der Waals surface area contributed by atoms with E-state index in [4.69, 9.17) is 19.9 Å². The lowest BCUT2D eigenvalue weighted by Gasteiger charge is -2.30. The summed E-state index contributed by atoms with van der Waals surface area (Å²) in [5.41, 5.74) is 8.31. The summed E-state index contributed by atoms with van der Waals surface area (Å²) in [6.07, 6.45) is -5.52. The van der Waals surface area contributed by atoms with Gasteiger partial charge in [-0.25, -0.2) is 13.6 Å². The van der Waals surface area contributed by atoms with Crippen LogP contribution in [-0.4, -0.2) is 69.8 Å². The van der Waals surface area contributed by atoms with Crippen molar-refractivity contribution in [1.82, 2.24) is 10.6 Å². The largest absolute Gasteiger partial charge is 0.497 e. The Morgan fingerprint density at radius 3 is 2.33 bits per heavy atom. The Bertz CT molecular complexity index is 1450. The number of nitrogens with two attached hydrogens (primary N) is 1. The fourth-order valence-electron chi connectivity index (χ4n) is 5.05. The van der Waals surface area contributed by atoms with Crippen molar-refractivity contribution >= 4 is 17.7 Å². The molecule has 5 N–H and O–H groups in total. The highest BCUT2D eigenvalue weighted by molar-refractivity contribution is 5.96. The third-order valence-corrected chi connectivity index (χ3v) is 7.48. The van der Waals surface area contributed by atoms with E-state index in [1.807, 2.05) is 0 Å². The fourth-order valence-corrected chi connectivity index (χ4v) is 5.05. The van der Waals surface area contributed by atoms with Crippen LogP contribution in [0.3, 0.4) is 0 Å². The van der Waals surface area contributed by atoms with E-state index in [0.29, 0.717) is 29.8 Å². The number of methoxy groups -OCH3 is 1. The minimum absolute atomic E-state index is 0.114. The lowest BCUT2D eigenvalue weighted by Crippen LogP contribution is -2.49. The second-order valence-electron chi connectivity index (χ2n) is 10.7. The molecule has 1 aliphatic heterocycles. The van der Waals surface area contributed by atoms with Gasteiger partial charge >= 0.3 is 12.3 Å². The SMILES string of the molecule is COc1ccc([C@@H](c2ccc(F)cc2)C(N)C(=O)Nc2cccc(F)c2CC[C@@H]2CN[C@H](COC(=O)NCC(F)(F)F)CO2)cc1. The summed E-state index contributed by atoms with van der Waals surface area (Å²) in [6.45, 7) is -1.26. The first-order valence-electron chi connectivity index (χ1n) is 14.5. The second-order valence-corrected chi connectivity index (χ2v) is 10.7. The molecule has 0 spiro atoms. The number of anilines is 1. The molecule has 14 heteroatoms. The lowest BCUT2D eigenvalue weighted by atomic mass is 9.85. The van der Waals surface area contributed by atoms with Gasteiger partial charge in [-0.1, -0.05) is 30.3 Å². The Morgan fingerprint density at radius 1 is 1.04 bits per heavy atom. The fraction of sp³-hybridized carbons (Fsp3) is 0.375. The maximum Gasteiger partial charge on any atom is 0.407 e. The van der Waals surface area contributed by atoms with Gasteiger partial charge in [-0.15, -0.1) is 0 Å². The predicted molar refractivity (Wildman–Crippen MR) is 159 cm³/mol. The average Bonchev–Trinajstić information content (AvgIpc) is 3.04. The Hall–Kier alpha value is -4.27. The Morgan fingerprint density at radius 2 is 1.72 bits per heavy atom. The molecule has 4 rings (SSSR count). The van der Waals surface area contributed by atoms with Crippen LogP contribution in [0, 0.1) is 11.6 Å². The lowest BCUT2D eigenvalue weighted by molar-refractivity contribution is -0.124. The monoisotopic (exact) mass is 650 g/mol. The van der Waals surface area contributed by atoms with E-state index in [9.17, 15) is 27.2 Å². The summed E-state index contributed by atoms with van der Waals surface area (Å²) in [5.74, 6) is -1.59. The van der Waals surface area contributed by atoms with Crippen molar-refractivity contribution in [2.75, 3.05) is 38.7 Å². The number of hydrogen-bond acceptors (Lipinski definition) is 7. The number of alkyl halides is 3. The average molecular weight is 651 g/mol. The van der Waals surface area contributed by atoms with Gasteiger partial charge in [0.05, 0.1) is 31.9 Å². The van der Waals surface area contributed by atoms with Gasteiger partial charge < -0.3 is 35.9 Å². The van der Waals surface area contributed by atoms with E-state index < -0.39 is 54.4 Å². The number of alkyl carbamates (subject to hydrolysis) is 1. The molecule has 0 aliphatic carbocycles. The second kappa shape index (κ2) is 15.8. The molecule has 9 nitrogen and oxygen atoms in total. The minimum Gasteiger partial charge on any atom is -0.497 e. The zero-order valence-electron chi connectivity index (χ0n) is 24.9. The van der Waals surface area contributed by atoms with Gasteiger partial charge in [-0.05, 0) is 60.4 Å². The molecule has 3 aromatic rings. The summed E-state index contributed by atoms with van der Waals surface area (Å²) < 4.78 is 81.2. The smallest absolute Gasteiger partial charge is 0.407 e. The molecule has 2 amide bonds. The van der Waals surface area contributed by atoms with Crippen LogP contribution in [0.5, 0.6) is 5.75 Å². The first-order chi connectivity index (χ1) is 21.9. The van der Waals surface area contributed by atoms with Gasteiger partial charge in [0.1, 0.15) is 30.5 Å². The zero-order valence-corrected chi connectivity index (χ0v) is 24.9. The van der Waals surface area contributed by atoms with Crippen LogP contribution >= 0.6 is 0 Å². The van der Waals surface area contributed by atoms with Crippen LogP contribution in [0.15, 0.2) is 66.7 Å². The molecule has 248 valence electrons. The summed E-state index contributed by atoms with van der Waals surface area (Å²) in [5, 5.41) is 7.49. The van der Waals surface area contributed by atoms with Crippen molar-refractivity contribution in [3.05, 3.63) is 95.1 Å². The van der Waals surface area contributed by atoms with E-state index in [0.717, 1.165) is 0 Å². The van der Waals surface area contributed by atoms with Gasteiger partial charge in [0, 0.05) is 23.7 Å². The van der Waals surface area contributed by atoms with Crippen molar-refractivity contribution in [2.45, 2.75) is 43.1 Å². The van der Waals surface area contributed by atoms with E-state index in [1.54, 1.807) is 47.8 Å². The van der Waals surface area contributed by atoms with E-state index in [-0.39, 0.29) is 37.0 Å². The van der Waals surface area contributed by atoms with Crippen molar-refractivity contribution in [1.29, 1.82) is 0 Å². The third kappa shape index (κ3) is 9.86. The first-order valence-corrected chi connectivity index (χ1v) is 14.5. The molecule has 1 heterocycles. The molecule has 4 atom stereocenters. The molecule has 1 unspecified atom stereocenters. The molecule has 3 aromatic carbocycles. The number of hydrogen-bond donors (Lipinski definition) is 4. The number of halogens is 5. The van der Waals surface area contributed by atoms with Gasteiger partial charge in [0.2, 0.25) is 5.91 Å². The molecular formula is C32H35F5N4O5. The molecule has 46 heavy (non-hydrogen) atoms. The summed E-state index contributed by atoms with van der Waals surface area (Å²) in [4.78, 5) is 25.0. The summed E-state index contributed by atoms with van der Waals surface area (Å²) in [6, 6.07) is 15.4. The Kier molecular flexibility index (Phi) is 11.9. The molecular weight excluding hydrogens is 615 g/mol. The van der Waals surface area contributed by atoms with Crippen molar-refractivity contribution in [3.8, 4) is 5.75 Å². The van der Waals surface area contributed by atoms with Crippen molar-refractivity contribution in [2.24, 2.45) is 5.73 Å². The van der Waals surface area contributed by atoms with Crippen molar-refractivity contribution < 1.29 is 45.8 Å². The third-order valence-electron chi connectivity index (χ3n) is 7.48. The highest BCUT2D eigenvalue weighted by Crippen LogP contribution is 2.30. The number of amides is 2. The normalized spacial score (nSPS) is 17.9. The number of carbonyl (C=O) groups is 2. The molecule has 0 saturated carbocycles. The number of morpholine rings is 1. The Labute approximate surface area is 262 Å². The maximum absolute atomic E-state index is 15.0. The molecule has 1 saturated heterocycles. The molecule has 0 aromatic heterocycles. The summed E-state index contributed by atoms with van der Waals surface area (Å²) >= 11 is 0. The number of carbonyl (C=O) groups excluding carboxylic acids is 2. The van der Waals surface area contributed by atoms with E-state index in [1.165, 1.54) is 31.4 Å². The van der Waals surface area contributed by atoms with Gasteiger partial charge in [0.25, 0.3) is 0 Å². The highest BCUT2D eigenvalue weighted by Gasteiger charge is 2.30. The van der Waals surface area contributed by atoms with Crippen LogP contribution in [-0.2, 0) is 20.7 Å². The van der Waals surface area contributed by atoms with Crippen LogP contribution in [0.25, 0.3) is 0 Å². The quantitative estimate of drug-likeness (QED) is 0.211. The van der Waals surface area contributed by atoms with Crippen LogP contribution in [0.1, 0.15) is 29.0 Å². The van der Waals surface area contributed by atoms with Crippen LogP contribution in [0.4, 0.5) is 32.4 Å². The van der Waals surface area contributed by atoms with Gasteiger partial charge in [-0.2, -0.15) is 13.2 Å². The minimum atomic E-state index is -4.55. The predicted octanol–water partition coefficient (Wildman–Crippen LogP) is 4.65. The number of nitrogens with one attached hydrogen (secondary N) is 3. The highest BCUT2D eigenvalue weighted by atomic mass is 19.4. The van der Waals surface area contributed by atoms with E-state index >= 15 is 4.39 Å². The number of ether oxygens (including phenoxy) is 3. The van der Waals surface area contributed by atoms with Gasteiger partial charge in [-0.3, -0.25) is 4.79 Å². The molecule has 1 aliphatic rings. The number of rotatable bonds is 12. The molecule has 0 bridgehead atoms. The van der Waals surface area contributed by atoms with E-state index in [2.05, 4.69) is 10.6 Å². The first kappa shape index (κ1) is 34.6. The molecule has 0 radical (unpaired) electrons. The zero-order chi connectivity index (χ0) is 33.3. The molecule has 1 fully saturated rings. The maximum atomic E-state index is 15.0. The topological polar surface area (TPSA) is 124 Å². The Balaban J connectivity index is 1.36. The van der Waals surface area contributed by atoms with Crippen molar-refractivity contribution in [3.63, 3.8) is 0 Å². The van der Waals surface area contributed by atoms with Crippen LogP contribution < -0.4 is 26.4 Å². The van der Waals surface area contributed by atoms with Gasteiger partial charge in [0.15, 0.2) is 0 Å². The summed E-state index contributed by atoms with van der Waals surface area (Å²) in [7, 11) is 1.53. The van der Waals surface area contributed by atoms with Crippen LogP contribution in [0.2, 0.25) is 0 Å². The number of benzene rings is 3. The standard InChI is InChI=1S/C32H35F5N4O5/c1-44-23-11-7-20(8-12-23)28(19-5-9-21(33)10-6-19)29(38)30(42)41-27-4-2-3-26(34)25(27)14-13-24-15-39-22(16-45-24)17-46-31(43)40-18-32(35,36)37/h2-12,22,24,28-29,39H,13-18,38H2,1H3,(H,40,43)(H,41,42)/t22-,24+,28+,29?/m0/s1.